The van der Waals surface area contributed by atoms with Gasteiger partial charge in [-0.1, -0.05) is 6.07 Å². The van der Waals surface area contributed by atoms with Crippen LogP contribution in [0.25, 0.3) is 0 Å². The van der Waals surface area contributed by atoms with E-state index >= 15 is 0 Å². The Bertz CT molecular complexity index is 402. The summed E-state index contributed by atoms with van der Waals surface area (Å²) < 4.78 is 0. The van der Waals surface area contributed by atoms with Gasteiger partial charge in [-0.25, -0.2) is 0 Å². The van der Waals surface area contributed by atoms with E-state index in [1.165, 1.54) is 13.0 Å². The smallest absolute Gasteiger partial charge is 0.164 e. The minimum atomic E-state index is -0.294. The number of phenolic OH excluding ortho intramolecular Hbond substituents is 1. The normalized spacial score (nSPS) is 9.31. The topological polar surface area (TPSA) is 61.1 Å². The van der Waals surface area contributed by atoms with Crippen LogP contribution in [0.2, 0.25) is 0 Å². The Hall–Kier alpha value is -1.82. The number of nitrogens with zero attached hydrogens (tertiary/aromatic N) is 1. The van der Waals surface area contributed by atoms with E-state index in [0.29, 0.717) is 5.56 Å². The van der Waals surface area contributed by atoms with Gasteiger partial charge in [0.1, 0.15) is 11.8 Å². The first kappa shape index (κ1) is 9.27. The fourth-order valence-electron chi connectivity index (χ4n) is 1.14. The molecule has 0 saturated carbocycles. The number of phenols is 1. The van der Waals surface area contributed by atoms with E-state index in [1.807, 2.05) is 6.07 Å². The SMILES string of the molecule is CC(=O)c1c(C#N)ccc(C)c1O. The van der Waals surface area contributed by atoms with E-state index < -0.39 is 0 Å². The van der Waals surface area contributed by atoms with Crippen molar-refractivity contribution in [3.63, 3.8) is 0 Å². The highest BCUT2D eigenvalue weighted by Crippen LogP contribution is 2.25. The Morgan fingerprint density at radius 3 is 2.62 bits per heavy atom. The molecule has 0 aliphatic carbocycles. The van der Waals surface area contributed by atoms with Gasteiger partial charge in [0, 0.05) is 0 Å². The van der Waals surface area contributed by atoms with Gasteiger partial charge in [-0.3, -0.25) is 4.79 Å². The summed E-state index contributed by atoms with van der Waals surface area (Å²) in [6.45, 7) is 3.01. The molecular formula is C10H9NO2. The van der Waals surface area contributed by atoms with Gasteiger partial charge >= 0.3 is 0 Å². The predicted molar refractivity (Wildman–Crippen MR) is 47.6 cm³/mol. The Morgan fingerprint density at radius 2 is 2.15 bits per heavy atom. The van der Waals surface area contributed by atoms with Crippen LogP contribution in [-0.2, 0) is 0 Å². The lowest BCUT2D eigenvalue weighted by Crippen LogP contribution is -1.98. The number of Topliss-reactive ketones (excluding diaryl/α,β-unsaturated/α-hetero) is 1. The van der Waals surface area contributed by atoms with Gasteiger partial charge in [0.05, 0.1) is 11.1 Å². The zero-order valence-electron chi connectivity index (χ0n) is 7.46. The fourth-order valence-corrected chi connectivity index (χ4v) is 1.14. The van der Waals surface area contributed by atoms with Crippen LogP contribution in [0.3, 0.4) is 0 Å². The average molecular weight is 175 g/mol. The Labute approximate surface area is 76.2 Å². The van der Waals surface area contributed by atoms with Crippen LogP contribution in [0.15, 0.2) is 12.1 Å². The van der Waals surface area contributed by atoms with Crippen LogP contribution in [0.5, 0.6) is 5.75 Å². The van der Waals surface area contributed by atoms with Crippen LogP contribution in [0, 0.1) is 18.3 Å². The third kappa shape index (κ3) is 1.52. The fraction of sp³-hybridized carbons (Fsp3) is 0.200. The van der Waals surface area contributed by atoms with Crippen molar-refractivity contribution in [2.45, 2.75) is 13.8 Å². The van der Waals surface area contributed by atoms with Gasteiger partial charge < -0.3 is 5.11 Å². The van der Waals surface area contributed by atoms with Crippen molar-refractivity contribution >= 4 is 5.78 Å². The first-order chi connectivity index (χ1) is 6.07. The van der Waals surface area contributed by atoms with Crippen molar-refractivity contribution in [2.75, 3.05) is 0 Å². The summed E-state index contributed by atoms with van der Waals surface area (Å²) in [6.07, 6.45) is 0. The molecule has 3 heteroatoms. The number of rotatable bonds is 1. The quantitative estimate of drug-likeness (QED) is 0.661. The van der Waals surface area contributed by atoms with Crippen LogP contribution in [0.4, 0.5) is 0 Å². The molecule has 0 bridgehead atoms. The van der Waals surface area contributed by atoms with Gasteiger partial charge in [-0.15, -0.1) is 0 Å². The summed E-state index contributed by atoms with van der Waals surface area (Å²) in [7, 11) is 0. The molecule has 1 N–H and O–H groups in total. The molecule has 0 fully saturated rings. The van der Waals surface area contributed by atoms with Crippen LogP contribution < -0.4 is 0 Å². The Balaban J connectivity index is 3.53. The summed E-state index contributed by atoms with van der Waals surface area (Å²) >= 11 is 0. The number of benzene rings is 1. The second-order valence-electron chi connectivity index (χ2n) is 2.82. The van der Waals surface area contributed by atoms with Gasteiger partial charge in [0.25, 0.3) is 0 Å². The van der Waals surface area contributed by atoms with E-state index in [-0.39, 0.29) is 22.7 Å². The second-order valence-corrected chi connectivity index (χ2v) is 2.82. The van der Waals surface area contributed by atoms with Gasteiger partial charge in [-0.05, 0) is 25.5 Å². The maximum Gasteiger partial charge on any atom is 0.164 e. The highest BCUT2D eigenvalue weighted by Gasteiger charge is 2.13. The summed E-state index contributed by atoms with van der Waals surface area (Å²) in [5, 5.41) is 18.2. The number of hydrogen-bond acceptors (Lipinski definition) is 3. The molecule has 0 aromatic heterocycles. The maximum atomic E-state index is 11.1. The number of aromatic hydroxyl groups is 1. The number of nitriles is 1. The molecule has 0 unspecified atom stereocenters. The van der Waals surface area contributed by atoms with Gasteiger partial charge in [0.2, 0.25) is 0 Å². The largest absolute Gasteiger partial charge is 0.507 e. The van der Waals surface area contributed by atoms with Crippen molar-refractivity contribution in [1.82, 2.24) is 0 Å². The minimum absolute atomic E-state index is 0.0912. The molecule has 1 rings (SSSR count). The first-order valence-corrected chi connectivity index (χ1v) is 3.81. The van der Waals surface area contributed by atoms with E-state index in [9.17, 15) is 9.90 Å². The molecule has 0 heterocycles. The van der Waals surface area contributed by atoms with Crippen molar-refractivity contribution in [3.8, 4) is 11.8 Å². The number of ketones is 1. The molecule has 66 valence electrons. The number of carbonyl (C=O) groups excluding carboxylic acids is 1. The monoisotopic (exact) mass is 175 g/mol. The lowest BCUT2D eigenvalue weighted by Gasteiger charge is -2.05. The third-order valence-corrected chi connectivity index (χ3v) is 1.85. The number of hydrogen-bond donors (Lipinski definition) is 1. The number of aryl methyl sites for hydroxylation is 1. The molecule has 0 saturated heterocycles. The van der Waals surface area contributed by atoms with Crippen molar-refractivity contribution in [3.05, 3.63) is 28.8 Å². The summed E-state index contributed by atoms with van der Waals surface area (Å²) in [5.41, 5.74) is 0.933. The van der Waals surface area contributed by atoms with E-state index in [2.05, 4.69) is 0 Å². The minimum Gasteiger partial charge on any atom is -0.507 e. The lowest BCUT2D eigenvalue weighted by molar-refractivity contribution is 0.101. The highest BCUT2D eigenvalue weighted by atomic mass is 16.3. The molecule has 0 aliphatic rings. The molecule has 0 amide bonds. The van der Waals surface area contributed by atoms with E-state index in [1.54, 1.807) is 13.0 Å². The molecule has 1 aromatic rings. The van der Waals surface area contributed by atoms with Crippen LogP contribution in [-0.4, -0.2) is 10.9 Å². The standard InChI is InChI=1S/C10H9NO2/c1-6-3-4-8(5-11)9(7(2)12)10(6)13/h3-4,13H,1-2H3. The van der Waals surface area contributed by atoms with Crippen molar-refractivity contribution in [2.24, 2.45) is 0 Å². The van der Waals surface area contributed by atoms with Crippen molar-refractivity contribution < 1.29 is 9.90 Å². The predicted octanol–water partition coefficient (Wildman–Crippen LogP) is 1.77. The number of carbonyl (C=O) groups is 1. The Morgan fingerprint density at radius 1 is 1.54 bits per heavy atom. The molecule has 3 nitrogen and oxygen atoms in total. The van der Waals surface area contributed by atoms with E-state index in [4.69, 9.17) is 5.26 Å². The molecule has 0 spiro atoms. The van der Waals surface area contributed by atoms with E-state index in [0.717, 1.165) is 0 Å². The van der Waals surface area contributed by atoms with Crippen LogP contribution >= 0.6 is 0 Å². The maximum absolute atomic E-state index is 11.1. The second kappa shape index (κ2) is 3.28. The van der Waals surface area contributed by atoms with Crippen molar-refractivity contribution in [1.29, 1.82) is 5.26 Å². The molecule has 13 heavy (non-hydrogen) atoms. The molecule has 0 aliphatic heterocycles. The molecular weight excluding hydrogens is 166 g/mol. The Kier molecular flexibility index (Phi) is 2.34. The average Bonchev–Trinajstić information content (AvgIpc) is 2.08. The van der Waals surface area contributed by atoms with Gasteiger partial charge in [0.15, 0.2) is 5.78 Å². The molecule has 0 atom stereocenters. The third-order valence-electron chi connectivity index (χ3n) is 1.85. The first-order valence-electron chi connectivity index (χ1n) is 3.81. The summed E-state index contributed by atoms with van der Waals surface area (Å²) in [4.78, 5) is 11.1. The molecule has 1 aromatic carbocycles. The summed E-state index contributed by atoms with van der Waals surface area (Å²) in [6, 6.07) is 5.01. The zero-order chi connectivity index (χ0) is 10.0. The highest BCUT2D eigenvalue weighted by molar-refractivity contribution is 5.99. The molecule has 0 radical (unpaired) electrons. The lowest BCUT2D eigenvalue weighted by atomic mass is 10.0. The summed E-state index contributed by atoms with van der Waals surface area (Å²) in [5.74, 6) is -0.385. The zero-order valence-corrected chi connectivity index (χ0v) is 7.46. The van der Waals surface area contributed by atoms with Crippen LogP contribution in [0.1, 0.15) is 28.4 Å². The van der Waals surface area contributed by atoms with Gasteiger partial charge in [-0.2, -0.15) is 5.26 Å².